The van der Waals surface area contributed by atoms with E-state index in [0.717, 1.165) is 49.2 Å². The average Bonchev–Trinajstić information content (AvgIpc) is 3.20. The van der Waals surface area contributed by atoms with Crippen molar-refractivity contribution in [3.8, 4) is 5.75 Å². The summed E-state index contributed by atoms with van der Waals surface area (Å²) in [7, 11) is 1.71. The van der Waals surface area contributed by atoms with Gasteiger partial charge in [-0.1, -0.05) is 42.5 Å². The molecule has 7 heteroatoms. The summed E-state index contributed by atoms with van der Waals surface area (Å²) in [6, 6.07) is 16.7. The van der Waals surface area contributed by atoms with Crippen molar-refractivity contribution in [2.24, 2.45) is 4.99 Å². The van der Waals surface area contributed by atoms with Crippen LogP contribution in [-0.2, 0) is 19.5 Å². The van der Waals surface area contributed by atoms with E-state index in [-0.39, 0.29) is 24.0 Å². The standard InChI is InChI=1S/C24H31N5O.HI/c1-4-25-24(27-13-12-20-11-10-19(2)22(16-20)30-3)28-17-23-26-14-15-29(23)18-21-8-6-5-7-9-21;/h5-11,14-16H,4,12-13,17-18H2,1-3H3,(H2,25,27,28);1H. The highest BCUT2D eigenvalue weighted by Crippen LogP contribution is 2.19. The van der Waals surface area contributed by atoms with Crippen molar-refractivity contribution < 1.29 is 4.74 Å². The minimum Gasteiger partial charge on any atom is -0.496 e. The molecule has 31 heavy (non-hydrogen) atoms. The van der Waals surface area contributed by atoms with E-state index in [1.165, 1.54) is 11.1 Å². The lowest BCUT2D eigenvalue weighted by Crippen LogP contribution is -2.38. The highest BCUT2D eigenvalue weighted by atomic mass is 127. The summed E-state index contributed by atoms with van der Waals surface area (Å²) >= 11 is 0. The Morgan fingerprint density at radius 3 is 2.65 bits per heavy atom. The zero-order valence-corrected chi connectivity index (χ0v) is 20.8. The second kappa shape index (κ2) is 13.0. The first kappa shape index (κ1) is 24.7. The summed E-state index contributed by atoms with van der Waals surface area (Å²) in [6.07, 6.45) is 4.73. The molecule has 0 aliphatic rings. The lowest BCUT2D eigenvalue weighted by Gasteiger charge is -2.13. The molecule has 0 spiro atoms. The molecule has 0 saturated heterocycles. The van der Waals surface area contributed by atoms with Crippen LogP contribution in [0.25, 0.3) is 0 Å². The number of rotatable bonds is 9. The molecule has 0 amide bonds. The zero-order chi connectivity index (χ0) is 21.2. The lowest BCUT2D eigenvalue weighted by molar-refractivity contribution is 0.411. The third-order valence-corrected chi connectivity index (χ3v) is 4.90. The Labute approximate surface area is 202 Å². The Kier molecular flexibility index (Phi) is 10.4. The first-order chi connectivity index (χ1) is 14.7. The van der Waals surface area contributed by atoms with Gasteiger partial charge in [0.1, 0.15) is 18.1 Å². The molecule has 2 N–H and O–H groups in total. The number of nitrogens with one attached hydrogen (secondary N) is 2. The van der Waals surface area contributed by atoms with Crippen LogP contribution in [0.5, 0.6) is 5.75 Å². The van der Waals surface area contributed by atoms with Gasteiger partial charge >= 0.3 is 0 Å². The molecule has 0 saturated carbocycles. The number of hydrogen-bond donors (Lipinski definition) is 2. The molecule has 0 radical (unpaired) electrons. The van der Waals surface area contributed by atoms with Crippen molar-refractivity contribution in [2.45, 2.75) is 33.4 Å². The topological polar surface area (TPSA) is 63.5 Å². The van der Waals surface area contributed by atoms with Gasteiger partial charge in [0.25, 0.3) is 0 Å². The van der Waals surface area contributed by atoms with Gasteiger partial charge in [-0.05, 0) is 43.0 Å². The molecule has 1 heterocycles. The molecule has 3 aromatic rings. The molecule has 0 atom stereocenters. The number of aryl methyl sites for hydroxylation is 1. The molecular weight excluding hydrogens is 501 g/mol. The number of hydrogen-bond acceptors (Lipinski definition) is 3. The third kappa shape index (κ3) is 7.57. The fourth-order valence-corrected chi connectivity index (χ4v) is 3.25. The molecule has 3 rings (SSSR count). The normalized spacial score (nSPS) is 11.0. The second-order valence-electron chi connectivity index (χ2n) is 7.13. The average molecular weight is 533 g/mol. The molecule has 0 fully saturated rings. The van der Waals surface area contributed by atoms with Gasteiger partial charge in [0, 0.05) is 32.0 Å². The van der Waals surface area contributed by atoms with Crippen LogP contribution >= 0.6 is 24.0 Å². The number of imidazole rings is 1. The number of aromatic nitrogens is 2. The minimum absolute atomic E-state index is 0. The fraction of sp³-hybridized carbons (Fsp3) is 0.333. The van der Waals surface area contributed by atoms with Crippen LogP contribution in [0.4, 0.5) is 0 Å². The van der Waals surface area contributed by atoms with E-state index in [9.17, 15) is 0 Å². The Bertz CT molecular complexity index is 956. The second-order valence-corrected chi connectivity index (χ2v) is 7.13. The molecule has 2 aromatic carbocycles. The van der Waals surface area contributed by atoms with Crippen molar-refractivity contribution in [2.75, 3.05) is 20.2 Å². The summed E-state index contributed by atoms with van der Waals surface area (Å²) < 4.78 is 7.56. The van der Waals surface area contributed by atoms with E-state index < -0.39 is 0 Å². The number of benzene rings is 2. The molecular formula is C24H32IN5O. The summed E-state index contributed by atoms with van der Waals surface area (Å²) in [5.74, 6) is 2.67. The number of methoxy groups -OCH3 is 1. The summed E-state index contributed by atoms with van der Waals surface area (Å²) in [4.78, 5) is 9.21. The van der Waals surface area contributed by atoms with Gasteiger partial charge < -0.3 is 19.9 Å². The van der Waals surface area contributed by atoms with Crippen molar-refractivity contribution in [3.05, 3.63) is 83.4 Å². The quantitative estimate of drug-likeness (QED) is 0.246. The van der Waals surface area contributed by atoms with Crippen LogP contribution in [0.3, 0.4) is 0 Å². The number of aliphatic imine (C=N–C) groups is 1. The first-order valence-corrected chi connectivity index (χ1v) is 10.4. The minimum atomic E-state index is 0. The van der Waals surface area contributed by atoms with Gasteiger partial charge in [0.2, 0.25) is 0 Å². The first-order valence-electron chi connectivity index (χ1n) is 10.4. The molecule has 1 aromatic heterocycles. The molecule has 0 aliphatic heterocycles. The van der Waals surface area contributed by atoms with Crippen molar-refractivity contribution in [1.82, 2.24) is 20.2 Å². The van der Waals surface area contributed by atoms with Gasteiger partial charge in [-0.15, -0.1) is 24.0 Å². The van der Waals surface area contributed by atoms with Crippen LogP contribution in [0.1, 0.15) is 29.4 Å². The Hall–Kier alpha value is -2.55. The van der Waals surface area contributed by atoms with Gasteiger partial charge in [0.15, 0.2) is 5.96 Å². The van der Waals surface area contributed by atoms with Crippen LogP contribution in [-0.4, -0.2) is 35.7 Å². The van der Waals surface area contributed by atoms with Crippen molar-refractivity contribution in [1.29, 1.82) is 0 Å². The van der Waals surface area contributed by atoms with Crippen LogP contribution in [0.2, 0.25) is 0 Å². The van der Waals surface area contributed by atoms with Crippen LogP contribution < -0.4 is 15.4 Å². The summed E-state index contributed by atoms with van der Waals surface area (Å²) in [5, 5.41) is 6.72. The van der Waals surface area contributed by atoms with E-state index in [1.54, 1.807) is 7.11 Å². The van der Waals surface area contributed by atoms with Crippen LogP contribution in [0, 0.1) is 6.92 Å². The zero-order valence-electron chi connectivity index (χ0n) is 18.5. The Morgan fingerprint density at radius 1 is 1.10 bits per heavy atom. The fourth-order valence-electron chi connectivity index (χ4n) is 3.25. The molecule has 0 aliphatic carbocycles. The molecule has 0 bridgehead atoms. The maximum Gasteiger partial charge on any atom is 0.191 e. The van der Waals surface area contributed by atoms with Gasteiger partial charge in [0.05, 0.1) is 7.11 Å². The smallest absolute Gasteiger partial charge is 0.191 e. The van der Waals surface area contributed by atoms with Gasteiger partial charge in [-0.2, -0.15) is 0 Å². The van der Waals surface area contributed by atoms with Crippen LogP contribution in [0.15, 0.2) is 65.9 Å². The summed E-state index contributed by atoms with van der Waals surface area (Å²) in [5.41, 5.74) is 3.63. The number of guanidine groups is 1. The SMILES string of the molecule is CCNC(=NCc1nccn1Cc1ccccc1)NCCc1ccc(C)c(OC)c1.I. The monoisotopic (exact) mass is 533 g/mol. The van der Waals surface area contributed by atoms with Crippen molar-refractivity contribution in [3.63, 3.8) is 0 Å². The van der Waals surface area contributed by atoms with Gasteiger partial charge in [-0.25, -0.2) is 9.98 Å². The summed E-state index contributed by atoms with van der Waals surface area (Å²) in [6.45, 7) is 7.04. The third-order valence-electron chi connectivity index (χ3n) is 4.90. The van der Waals surface area contributed by atoms with E-state index >= 15 is 0 Å². The van der Waals surface area contributed by atoms with E-state index in [4.69, 9.17) is 9.73 Å². The Morgan fingerprint density at radius 2 is 1.90 bits per heavy atom. The highest BCUT2D eigenvalue weighted by molar-refractivity contribution is 14.0. The number of halogens is 1. The predicted molar refractivity (Wildman–Crippen MR) is 137 cm³/mol. The van der Waals surface area contributed by atoms with E-state index in [0.29, 0.717) is 6.54 Å². The lowest BCUT2D eigenvalue weighted by atomic mass is 10.1. The Balaban J connectivity index is 0.00000341. The maximum absolute atomic E-state index is 5.42. The largest absolute Gasteiger partial charge is 0.496 e. The van der Waals surface area contributed by atoms with E-state index in [2.05, 4.69) is 76.5 Å². The van der Waals surface area contributed by atoms with Crippen molar-refractivity contribution >= 4 is 29.9 Å². The maximum atomic E-state index is 5.42. The van der Waals surface area contributed by atoms with Gasteiger partial charge in [-0.3, -0.25) is 0 Å². The van der Waals surface area contributed by atoms with E-state index in [1.807, 2.05) is 18.5 Å². The predicted octanol–water partition coefficient (Wildman–Crippen LogP) is 4.16. The number of ether oxygens (including phenoxy) is 1. The number of nitrogens with zero attached hydrogens (tertiary/aromatic N) is 3. The highest BCUT2D eigenvalue weighted by Gasteiger charge is 2.05. The molecule has 6 nitrogen and oxygen atoms in total. The molecule has 166 valence electrons. The molecule has 0 unspecified atom stereocenters.